The lowest BCUT2D eigenvalue weighted by molar-refractivity contribution is 0.102. The molecule has 2 aromatic rings. The standard InChI is InChI=1S/C16H17N3O3/c1-22-14-6-7-17-9-13(14)19-16(21)11-8-18-12-5-3-2-4-10(12)15(11)20/h6-9H,2-5H2,1H3,(H,18,20)(H,19,21). The molecule has 0 atom stereocenters. The molecule has 2 aromatic heterocycles. The van der Waals surface area contributed by atoms with Gasteiger partial charge in [-0.1, -0.05) is 0 Å². The second-order valence-corrected chi connectivity index (χ2v) is 5.23. The van der Waals surface area contributed by atoms with Crippen molar-refractivity contribution in [3.8, 4) is 5.75 Å². The molecule has 1 aliphatic carbocycles. The number of pyridine rings is 2. The Kier molecular flexibility index (Phi) is 3.91. The van der Waals surface area contributed by atoms with Gasteiger partial charge in [0.05, 0.1) is 13.3 Å². The first kappa shape index (κ1) is 14.3. The maximum absolute atomic E-state index is 12.5. The number of fused-ring (bicyclic) bond motifs is 1. The summed E-state index contributed by atoms with van der Waals surface area (Å²) in [6.07, 6.45) is 8.19. The molecule has 0 saturated carbocycles. The van der Waals surface area contributed by atoms with E-state index < -0.39 is 5.91 Å². The van der Waals surface area contributed by atoms with Gasteiger partial charge in [-0.15, -0.1) is 0 Å². The van der Waals surface area contributed by atoms with Crippen LogP contribution in [0.15, 0.2) is 29.5 Å². The lowest BCUT2D eigenvalue weighted by atomic mass is 9.94. The van der Waals surface area contributed by atoms with E-state index >= 15 is 0 Å². The molecule has 114 valence electrons. The van der Waals surface area contributed by atoms with Crippen LogP contribution in [0.1, 0.15) is 34.5 Å². The lowest BCUT2D eigenvalue weighted by Gasteiger charge is -2.15. The summed E-state index contributed by atoms with van der Waals surface area (Å²) in [6, 6.07) is 1.65. The molecule has 0 aromatic carbocycles. The quantitative estimate of drug-likeness (QED) is 0.906. The number of anilines is 1. The van der Waals surface area contributed by atoms with Crippen molar-refractivity contribution >= 4 is 11.6 Å². The normalized spacial score (nSPS) is 13.3. The van der Waals surface area contributed by atoms with E-state index in [1.54, 1.807) is 12.3 Å². The summed E-state index contributed by atoms with van der Waals surface area (Å²) < 4.78 is 5.16. The molecule has 0 saturated heterocycles. The van der Waals surface area contributed by atoms with Gasteiger partial charge in [0.1, 0.15) is 17.0 Å². The summed E-state index contributed by atoms with van der Waals surface area (Å²) in [5.41, 5.74) is 2.05. The Morgan fingerprint density at radius 1 is 1.36 bits per heavy atom. The molecule has 0 spiro atoms. The van der Waals surface area contributed by atoms with Crippen molar-refractivity contribution < 1.29 is 9.53 Å². The number of aromatic nitrogens is 2. The molecular weight excluding hydrogens is 282 g/mol. The van der Waals surface area contributed by atoms with Gasteiger partial charge in [-0.2, -0.15) is 0 Å². The van der Waals surface area contributed by atoms with Crippen molar-refractivity contribution in [2.24, 2.45) is 0 Å². The Bertz CT molecular complexity index is 767. The monoisotopic (exact) mass is 299 g/mol. The van der Waals surface area contributed by atoms with E-state index in [-0.39, 0.29) is 11.0 Å². The lowest BCUT2D eigenvalue weighted by Crippen LogP contribution is -2.27. The zero-order chi connectivity index (χ0) is 15.5. The number of hydrogen-bond donors (Lipinski definition) is 2. The van der Waals surface area contributed by atoms with Gasteiger partial charge in [-0.25, -0.2) is 0 Å². The third-order valence-corrected chi connectivity index (χ3v) is 3.87. The van der Waals surface area contributed by atoms with Crippen LogP contribution in [0.4, 0.5) is 5.69 Å². The molecule has 22 heavy (non-hydrogen) atoms. The smallest absolute Gasteiger partial charge is 0.261 e. The number of aryl methyl sites for hydroxylation is 1. The molecule has 3 rings (SSSR count). The fraction of sp³-hybridized carbons (Fsp3) is 0.312. The van der Waals surface area contributed by atoms with Crippen LogP contribution in [0.5, 0.6) is 5.75 Å². The molecule has 0 aliphatic heterocycles. The summed E-state index contributed by atoms with van der Waals surface area (Å²) in [6.45, 7) is 0. The predicted octanol–water partition coefficient (Wildman–Crippen LogP) is 1.91. The van der Waals surface area contributed by atoms with Gasteiger partial charge in [0.15, 0.2) is 5.43 Å². The topological polar surface area (TPSA) is 84.1 Å². The van der Waals surface area contributed by atoms with Crippen LogP contribution in [0.25, 0.3) is 0 Å². The van der Waals surface area contributed by atoms with E-state index in [1.807, 2.05) is 0 Å². The Morgan fingerprint density at radius 3 is 3.00 bits per heavy atom. The first-order valence-electron chi connectivity index (χ1n) is 7.23. The Hall–Kier alpha value is -2.63. The fourth-order valence-corrected chi connectivity index (χ4v) is 2.71. The zero-order valence-electron chi connectivity index (χ0n) is 12.3. The summed E-state index contributed by atoms with van der Waals surface area (Å²) in [4.78, 5) is 31.9. The van der Waals surface area contributed by atoms with Gasteiger partial charge in [-0.3, -0.25) is 14.6 Å². The largest absolute Gasteiger partial charge is 0.494 e. The molecule has 1 aliphatic rings. The molecule has 2 heterocycles. The van der Waals surface area contributed by atoms with Gasteiger partial charge < -0.3 is 15.0 Å². The van der Waals surface area contributed by atoms with Gasteiger partial charge >= 0.3 is 0 Å². The van der Waals surface area contributed by atoms with E-state index in [9.17, 15) is 9.59 Å². The molecule has 0 bridgehead atoms. The maximum atomic E-state index is 12.5. The highest BCUT2D eigenvalue weighted by Crippen LogP contribution is 2.22. The van der Waals surface area contributed by atoms with Crippen LogP contribution in [0.3, 0.4) is 0 Å². The Labute approximate surface area is 127 Å². The highest BCUT2D eigenvalue weighted by molar-refractivity contribution is 6.04. The van der Waals surface area contributed by atoms with Crippen LogP contribution in [-0.4, -0.2) is 23.0 Å². The van der Waals surface area contributed by atoms with Gasteiger partial charge in [0.25, 0.3) is 5.91 Å². The number of ether oxygens (including phenoxy) is 1. The number of aromatic amines is 1. The fourth-order valence-electron chi connectivity index (χ4n) is 2.71. The van der Waals surface area contributed by atoms with Crippen molar-refractivity contribution in [3.05, 3.63) is 51.7 Å². The summed E-state index contributed by atoms with van der Waals surface area (Å²) in [7, 11) is 1.51. The van der Waals surface area contributed by atoms with E-state index in [4.69, 9.17) is 4.74 Å². The van der Waals surface area contributed by atoms with E-state index in [0.717, 1.165) is 36.9 Å². The minimum absolute atomic E-state index is 0.117. The van der Waals surface area contributed by atoms with Crippen LogP contribution >= 0.6 is 0 Å². The van der Waals surface area contributed by atoms with Gasteiger partial charge in [0, 0.05) is 29.7 Å². The molecule has 1 amide bonds. The van der Waals surface area contributed by atoms with Crippen molar-refractivity contribution in [1.29, 1.82) is 0 Å². The molecule has 0 fully saturated rings. The number of methoxy groups -OCH3 is 1. The van der Waals surface area contributed by atoms with Crippen LogP contribution in [0, 0.1) is 0 Å². The van der Waals surface area contributed by atoms with Gasteiger partial charge in [-0.05, 0) is 25.7 Å². The first-order chi connectivity index (χ1) is 10.7. The number of amides is 1. The number of nitrogens with one attached hydrogen (secondary N) is 2. The van der Waals surface area contributed by atoms with Crippen LogP contribution in [0.2, 0.25) is 0 Å². The second kappa shape index (κ2) is 6.01. The first-order valence-corrected chi connectivity index (χ1v) is 7.23. The number of hydrogen-bond acceptors (Lipinski definition) is 4. The highest BCUT2D eigenvalue weighted by Gasteiger charge is 2.19. The van der Waals surface area contributed by atoms with Crippen molar-refractivity contribution in [2.45, 2.75) is 25.7 Å². The molecule has 0 radical (unpaired) electrons. The average molecular weight is 299 g/mol. The minimum Gasteiger partial charge on any atom is -0.494 e. The number of H-pyrrole nitrogens is 1. The number of carbonyl (C=O) groups excluding carboxylic acids is 1. The summed E-state index contributed by atoms with van der Waals surface area (Å²) in [5.74, 6) is 0.0404. The molecule has 2 N–H and O–H groups in total. The molecule has 0 unspecified atom stereocenters. The third-order valence-electron chi connectivity index (χ3n) is 3.87. The minimum atomic E-state index is -0.457. The summed E-state index contributed by atoms with van der Waals surface area (Å²) in [5, 5.41) is 2.68. The number of nitrogens with zero attached hydrogens (tertiary/aromatic N) is 1. The highest BCUT2D eigenvalue weighted by atomic mass is 16.5. The average Bonchev–Trinajstić information content (AvgIpc) is 2.56. The van der Waals surface area contributed by atoms with Crippen molar-refractivity contribution in [3.63, 3.8) is 0 Å². The summed E-state index contributed by atoms with van der Waals surface area (Å²) >= 11 is 0. The maximum Gasteiger partial charge on any atom is 0.261 e. The number of carbonyl (C=O) groups is 1. The van der Waals surface area contributed by atoms with E-state index in [0.29, 0.717) is 11.4 Å². The van der Waals surface area contributed by atoms with E-state index in [2.05, 4.69) is 15.3 Å². The second-order valence-electron chi connectivity index (χ2n) is 5.23. The Balaban J connectivity index is 1.91. The third kappa shape index (κ3) is 2.59. The zero-order valence-corrected chi connectivity index (χ0v) is 12.3. The van der Waals surface area contributed by atoms with Crippen LogP contribution < -0.4 is 15.5 Å². The van der Waals surface area contributed by atoms with Crippen LogP contribution in [-0.2, 0) is 12.8 Å². The van der Waals surface area contributed by atoms with E-state index in [1.165, 1.54) is 19.5 Å². The van der Waals surface area contributed by atoms with Crippen molar-refractivity contribution in [2.75, 3.05) is 12.4 Å². The number of rotatable bonds is 3. The van der Waals surface area contributed by atoms with Gasteiger partial charge in [0.2, 0.25) is 0 Å². The molecule has 6 heteroatoms. The predicted molar refractivity (Wildman–Crippen MR) is 82.4 cm³/mol. The molecule has 6 nitrogen and oxygen atoms in total. The molecular formula is C16H17N3O3. The SMILES string of the molecule is COc1ccncc1NC(=O)c1c[nH]c2c(c1=O)CCCC2. The van der Waals surface area contributed by atoms with Crippen molar-refractivity contribution in [1.82, 2.24) is 9.97 Å². The Morgan fingerprint density at radius 2 is 2.18 bits per heavy atom.